The molecule has 3 heterocycles. The maximum atomic E-state index is 12.4. The van der Waals surface area contributed by atoms with E-state index >= 15 is 0 Å². The van der Waals surface area contributed by atoms with Gasteiger partial charge in [0, 0.05) is 13.1 Å². The molecular formula is C17H25N5O3. The Hall–Kier alpha value is -2.22. The highest BCUT2D eigenvalue weighted by Crippen LogP contribution is 2.16. The number of aromatic nitrogens is 3. The lowest BCUT2D eigenvalue weighted by molar-refractivity contribution is -0.121. The van der Waals surface area contributed by atoms with Gasteiger partial charge in [-0.05, 0) is 39.8 Å². The van der Waals surface area contributed by atoms with E-state index in [9.17, 15) is 9.59 Å². The van der Waals surface area contributed by atoms with Crippen LogP contribution in [0.5, 0.6) is 0 Å². The van der Waals surface area contributed by atoms with Gasteiger partial charge in [-0.2, -0.15) is 5.10 Å². The third-order valence-corrected chi connectivity index (χ3v) is 4.67. The smallest absolute Gasteiger partial charge is 0.297 e. The molecule has 0 saturated carbocycles. The van der Waals surface area contributed by atoms with Crippen LogP contribution in [0.4, 0.5) is 0 Å². The number of nitrogens with one attached hydrogen (secondary N) is 1. The Morgan fingerprint density at radius 2 is 1.92 bits per heavy atom. The van der Waals surface area contributed by atoms with Crippen molar-refractivity contribution >= 4 is 16.8 Å². The van der Waals surface area contributed by atoms with Crippen molar-refractivity contribution in [3.63, 3.8) is 0 Å². The van der Waals surface area contributed by atoms with Crippen molar-refractivity contribution in [1.82, 2.24) is 25.2 Å². The van der Waals surface area contributed by atoms with Gasteiger partial charge >= 0.3 is 0 Å². The highest BCUT2D eigenvalue weighted by molar-refractivity contribution is 5.82. The molecule has 0 atom stereocenters. The van der Waals surface area contributed by atoms with Crippen molar-refractivity contribution in [3.8, 4) is 0 Å². The third-order valence-electron chi connectivity index (χ3n) is 4.67. The first-order chi connectivity index (χ1) is 12.1. The topological polar surface area (TPSA) is 93.3 Å². The highest BCUT2D eigenvalue weighted by Gasteiger charge is 2.16. The van der Waals surface area contributed by atoms with E-state index in [2.05, 4.69) is 20.5 Å². The predicted molar refractivity (Wildman–Crippen MR) is 93.5 cm³/mol. The number of rotatable bonds is 5. The van der Waals surface area contributed by atoms with Crippen LogP contribution in [0.3, 0.4) is 0 Å². The molecule has 3 rings (SSSR count). The van der Waals surface area contributed by atoms with E-state index in [4.69, 9.17) is 4.52 Å². The molecule has 136 valence electrons. The number of amides is 1. The van der Waals surface area contributed by atoms with E-state index in [-0.39, 0.29) is 18.0 Å². The van der Waals surface area contributed by atoms with E-state index in [1.165, 1.54) is 25.7 Å². The van der Waals surface area contributed by atoms with Crippen LogP contribution in [-0.2, 0) is 11.3 Å². The van der Waals surface area contributed by atoms with Crippen LogP contribution in [0, 0.1) is 13.8 Å². The molecule has 0 radical (unpaired) electrons. The van der Waals surface area contributed by atoms with Gasteiger partial charge in [0.1, 0.15) is 12.3 Å². The minimum Gasteiger partial charge on any atom is -0.360 e. The molecule has 25 heavy (non-hydrogen) atoms. The van der Waals surface area contributed by atoms with Crippen LogP contribution in [0.2, 0.25) is 0 Å². The van der Waals surface area contributed by atoms with Crippen LogP contribution in [0.1, 0.15) is 37.1 Å². The Morgan fingerprint density at radius 1 is 1.20 bits per heavy atom. The molecule has 0 aromatic carbocycles. The minimum atomic E-state index is -0.403. The first-order valence-electron chi connectivity index (χ1n) is 8.89. The van der Waals surface area contributed by atoms with E-state index < -0.39 is 5.56 Å². The molecule has 0 bridgehead atoms. The second kappa shape index (κ2) is 7.77. The average molecular weight is 347 g/mol. The summed E-state index contributed by atoms with van der Waals surface area (Å²) in [4.78, 5) is 26.9. The van der Waals surface area contributed by atoms with Crippen LogP contribution >= 0.6 is 0 Å². The Morgan fingerprint density at radius 3 is 2.64 bits per heavy atom. The normalized spacial score (nSPS) is 16.1. The highest BCUT2D eigenvalue weighted by atomic mass is 16.5. The summed E-state index contributed by atoms with van der Waals surface area (Å²) in [6, 6.07) is 0. The lowest BCUT2D eigenvalue weighted by atomic mass is 10.2. The van der Waals surface area contributed by atoms with Crippen LogP contribution in [-0.4, -0.2) is 51.9 Å². The molecule has 0 unspecified atom stereocenters. The van der Waals surface area contributed by atoms with Gasteiger partial charge in [-0.3, -0.25) is 9.59 Å². The molecule has 0 spiro atoms. The van der Waals surface area contributed by atoms with Crippen molar-refractivity contribution in [2.75, 3.05) is 26.2 Å². The van der Waals surface area contributed by atoms with Gasteiger partial charge in [0.05, 0.1) is 11.1 Å². The monoisotopic (exact) mass is 347 g/mol. The van der Waals surface area contributed by atoms with Crippen molar-refractivity contribution in [2.45, 2.75) is 46.1 Å². The summed E-state index contributed by atoms with van der Waals surface area (Å²) in [5.74, 6) is 0.342. The second-order valence-electron chi connectivity index (χ2n) is 6.62. The number of aryl methyl sites for hydroxylation is 2. The maximum Gasteiger partial charge on any atom is 0.297 e. The van der Waals surface area contributed by atoms with Gasteiger partial charge in [0.2, 0.25) is 5.91 Å². The van der Waals surface area contributed by atoms with Crippen LogP contribution < -0.4 is 10.9 Å². The first-order valence-corrected chi connectivity index (χ1v) is 8.89. The fraction of sp³-hybridized carbons (Fsp3) is 0.647. The number of hydrogen-bond acceptors (Lipinski definition) is 6. The summed E-state index contributed by atoms with van der Waals surface area (Å²) in [7, 11) is 0. The summed E-state index contributed by atoms with van der Waals surface area (Å²) in [6.45, 7) is 7.02. The molecule has 1 amide bonds. The van der Waals surface area contributed by atoms with Crippen molar-refractivity contribution in [3.05, 3.63) is 21.8 Å². The molecule has 2 aromatic rings. The molecule has 1 aliphatic heterocycles. The molecule has 2 aromatic heterocycles. The van der Waals surface area contributed by atoms with E-state index in [1.807, 2.05) is 0 Å². The van der Waals surface area contributed by atoms with Gasteiger partial charge in [-0.1, -0.05) is 18.0 Å². The quantitative estimate of drug-likeness (QED) is 0.867. The summed E-state index contributed by atoms with van der Waals surface area (Å²) in [5, 5.41) is 11.5. The summed E-state index contributed by atoms with van der Waals surface area (Å²) >= 11 is 0. The van der Waals surface area contributed by atoms with Gasteiger partial charge in [0.25, 0.3) is 5.56 Å². The molecule has 1 fully saturated rings. The van der Waals surface area contributed by atoms with Gasteiger partial charge < -0.3 is 14.7 Å². The lowest BCUT2D eigenvalue weighted by Crippen LogP contribution is -2.38. The first kappa shape index (κ1) is 17.6. The zero-order valence-electron chi connectivity index (χ0n) is 14.9. The third kappa shape index (κ3) is 4.07. The predicted octanol–water partition coefficient (Wildman–Crippen LogP) is 0.994. The van der Waals surface area contributed by atoms with Crippen LogP contribution in [0.25, 0.3) is 10.9 Å². The van der Waals surface area contributed by atoms with Gasteiger partial charge in [0.15, 0.2) is 5.52 Å². The zero-order chi connectivity index (χ0) is 17.8. The van der Waals surface area contributed by atoms with Gasteiger partial charge in [-0.15, -0.1) is 0 Å². The summed E-state index contributed by atoms with van der Waals surface area (Å²) < 4.78 is 6.22. The Kier molecular flexibility index (Phi) is 5.47. The van der Waals surface area contributed by atoms with Crippen molar-refractivity contribution < 1.29 is 9.32 Å². The number of fused-ring (bicyclic) bond motifs is 1. The molecule has 1 N–H and O–H groups in total. The van der Waals surface area contributed by atoms with E-state index in [0.717, 1.165) is 24.3 Å². The number of carbonyl (C=O) groups is 1. The molecular weight excluding hydrogens is 322 g/mol. The molecule has 1 saturated heterocycles. The molecule has 8 nitrogen and oxygen atoms in total. The zero-order valence-corrected chi connectivity index (χ0v) is 14.9. The molecule has 0 aliphatic carbocycles. The fourth-order valence-electron chi connectivity index (χ4n) is 3.36. The molecule has 1 aliphatic rings. The number of nitrogens with zero attached hydrogens (tertiary/aromatic N) is 4. The molecule has 8 heteroatoms. The summed E-state index contributed by atoms with van der Waals surface area (Å²) in [5.41, 5.74) is 0.452. The number of carbonyl (C=O) groups excluding carboxylic acids is 1. The Balaban J connectivity index is 1.58. The van der Waals surface area contributed by atoms with Crippen molar-refractivity contribution in [1.29, 1.82) is 0 Å². The fourth-order valence-corrected chi connectivity index (χ4v) is 3.36. The average Bonchev–Trinajstić information content (AvgIpc) is 2.80. The minimum absolute atomic E-state index is 0.110. The number of hydrogen-bond donors (Lipinski definition) is 1. The largest absolute Gasteiger partial charge is 0.360 e. The second-order valence-corrected chi connectivity index (χ2v) is 6.62. The standard InChI is InChI=1S/C17H25N5O3/c1-12-15-13(2)25-20-16(15)17(24)22(19-12)11-14(23)18-7-10-21-8-5-3-4-6-9-21/h3-11H2,1-2H3,(H,18,23). The number of likely N-dealkylation sites (tertiary alicyclic amines) is 1. The van der Waals surface area contributed by atoms with Crippen molar-refractivity contribution in [2.24, 2.45) is 0 Å². The Bertz CT molecular complexity index is 802. The SMILES string of the molecule is Cc1nn(CC(=O)NCCN2CCCCCC2)c(=O)c2noc(C)c12. The van der Waals surface area contributed by atoms with E-state index in [1.54, 1.807) is 13.8 Å². The van der Waals surface area contributed by atoms with Crippen LogP contribution in [0.15, 0.2) is 9.32 Å². The maximum absolute atomic E-state index is 12.4. The Labute approximate surface area is 146 Å². The summed E-state index contributed by atoms with van der Waals surface area (Å²) in [6.07, 6.45) is 5.04. The lowest BCUT2D eigenvalue weighted by Gasteiger charge is -2.19. The van der Waals surface area contributed by atoms with E-state index in [0.29, 0.717) is 23.4 Å². The van der Waals surface area contributed by atoms with Gasteiger partial charge in [-0.25, -0.2) is 4.68 Å².